The summed E-state index contributed by atoms with van der Waals surface area (Å²) in [5, 5.41) is 8.03. The Balaban J connectivity index is -0.0000000257. The van der Waals surface area contributed by atoms with Crippen LogP contribution in [0.2, 0.25) is 0 Å². The van der Waals surface area contributed by atoms with Crippen molar-refractivity contribution in [3.8, 4) is 0 Å². The van der Waals surface area contributed by atoms with E-state index in [0.29, 0.717) is 0 Å². The van der Waals surface area contributed by atoms with Gasteiger partial charge in [-0.3, -0.25) is 5.50 Å². The summed E-state index contributed by atoms with van der Waals surface area (Å²) in [7, 11) is -1.77. The van der Waals surface area contributed by atoms with E-state index in [9.17, 15) is 0 Å². The summed E-state index contributed by atoms with van der Waals surface area (Å²) in [6.45, 7) is 30.0. The van der Waals surface area contributed by atoms with Gasteiger partial charge in [0.15, 0.2) is 0 Å². The van der Waals surface area contributed by atoms with Gasteiger partial charge in [0, 0.05) is 0 Å². The summed E-state index contributed by atoms with van der Waals surface area (Å²) in [6.07, 6.45) is 0. The van der Waals surface area contributed by atoms with Gasteiger partial charge in [0.1, 0.15) is 0 Å². The fourth-order valence-electron chi connectivity index (χ4n) is 0.134. The number of rotatable bonds is 3. The summed E-state index contributed by atoms with van der Waals surface area (Å²) in [4.78, 5) is 8.19. The molecule has 0 radical (unpaired) electrons. The molecule has 0 saturated carbocycles. The highest BCUT2D eigenvalue weighted by atomic mass is 31.2. The minimum Gasteiger partial charge on any atom is -0.394 e. The number of hydrogen-bond acceptors (Lipinski definition) is 4. The van der Waals surface area contributed by atoms with Crippen molar-refractivity contribution >= 4 is 8.53 Å². The lowest BCUT2D eigenvalue weighted by Crippen LogP contribution is -1.98. The van der Waals surface area contributed by atoms with Gasteiger partial charge in [-0.25, -0.2) is 0 Å². The second-order valence-corrected chi connectivity index (χ2v) is 1.72. The number of aliphatic hydroxyl groups is 1. The molecule has 0 saturated heterocycles. The lowest BCUT2D eigenvalue weighted by molar-refractivity contribution is 0.201. The van der Waals surface area contributed by atoms with Crippen molar-refractivity contribution in [2.75, 3.05) is 13.2 Å². The fraction of sp³-hybridized carbons (Fsp3) is 0.167. The quantitative estimate of drug-likeness (QED) is 0.541. The van der Waals surface area contributed by atoms with Gasteiger partial charge in [0.2, 0.25) is 8.53 Å². The standard InChI is InChI=1S/C2H8NO3P.5C2H4/c3-7(5)6-2-1-4;5*1-2/h4-5H,1-3H2;5*1-2H2. The Labute approximate surface area is 108 Å². The van der Waals surface area contributed by atoms with E-state index in [1.807, 2.05) is 0 Å². The first-order chi connectivity index (χ1) is 8.27. The number of nitrogens with two attached hydrogens (primary N) is 1. The van der Waals surface area contributed by atoms with E-state index >= 15 is 0 Å². The van der Waals surface area contributed by atoms with E-state index in [1.54, 1.807) is 0 Å². The fourth-order valence-corrected chi connectivity index (χ4v) is 0.403. The van der Waals surface area contributed by atoms with E-state index in [1.165, 1.54) is 0 Å². The average molecular weight is 265 g/mol. The van der Waals surface area contributed by atoms with Gasteiger partial charge in [-0.2, -0.15) is 0 Å². The topological polar surface area (TPSA) is 75.7 Å². The molecule has 0 aromatic heterocycles. The second kappa shape index (κ2) is 118. The van der Waals surface area contributed by atoms with Gasteiger partial charge in [-0.1, -0.05) is 0 Å². The normalized spacial score (nSPS) is 7.00. The molecule has 0 fully saturated rings. The summed E-state index contributed by atoms with van der Waals surface area (Å²) in [5.74, 6) is 0. The van der Waals surface area contributed by atoms with Crippen LogP contribution in [0.5, 0.6) is 0 Å². The molecule has 0 bridgehead atoms. The minimum atomic E-state index is -1.77. The van der Waals surface area contributed by atoms with E-state index in [2.05, 4.69) is 70.3 Å². The SMILES string of the molecule is C=C.C=C.C=C.C=C.C=C.NP(O)OCCO. The van der Waals surface area contributed by atoms with Gasteiger partial charge < -0.3 is 14.5 Å². The van der Waals surface area contributed by atoms with Crippen LogP contribution in [0.3, 0.4) is 0 Å². The number of aliphatic hydroxyl groups excluding tert-OH is 1. The monoisotopic (exact) mass is 265 g/mol. The van der Waals surface area contributed by atoms with Crippen LogP contribution in [0.15, 0.2) is 65.8 Å². The summed E-state index contributed by atoms with van der Waals surface area (Å²) in [6, 6.07) is 0. The Hall–Kier alpha value is -1.03. The molecule has 0 aliphatic rings. The predicted octanol–water partition coefficient (Wildman–Crippen LogP) is 3.18. The molecule has 17 heavy (non-hydrogen) atoms. The van der Waals surface area contributed by atoms with Crippen molar-refractivity contribution in [2.45, 2.75) is 0 Å². The largest absolute Gasteiger partial charge is 0.394 e. The molecule has 5 heteroatoms. The van der Waals surface area contributed by atoms with Crippen molar-refractivity contribution in [2.24, 2.45) is 5.50 Å². The van der Waals surface area contributed by atoms with Gasteiger partial charge in [-0.15, -0.1) is 65.8 Å². The third kappa shape index (κ3) is 285. The number of hydrogen-bond donors (Lipinski definition) is 3. The molecule has 0 aromatic rings. The smallest absolute Gasteiger partial charge is 0.250 e. The molecule has 0 amide bonds. The Bertz CT molecular complexity index is 84.2. The van der Waals surface area contributed by atoms with Gasteiger partial charge in [0.25, 0.3) is 0 Å². The average Bonchev–Trinajstić information content (AvgIpc) is 2.47. The van der Waals surface area contributed by atoms with Crippen LogP contribution >= 0.6 is 8.53 Å². The van der Waals surface area contributed by atoms with E-state index in [-0.39, 0.29) is 13.2 Å². The van der Waals surface area contributed by atoms with Gasteiger partial charge in [0.05, 0.1) is 13.2 Å². The molecule has 0 aliphatic carbocycles. The molecule has 0 aliphatic heterocycles. The highest BCUT2D eigenvalue weighted by Crippen LogP contribution is 2.17. The van der Waals surface area contributed by atoms with Crippen LogP contribution in [0.4, 0.5) is 0 Å². The highest BCUT2D eigenvalue weighted by Gasteiger charge is 1.91. The molecule has 0 spiro atoms. The second-order valence-electron chi connectivity index (χ2n) is 0.859. The van der Waals surface area contributed by atoms with E-state index < -0.39 is 8.53 Å². The van der Waals surface area contributed by atoms with Crippen molar-refractivity contribution in [3.05, 3.63) is 65.8 Å². The third-order valence-corrected chi connectivity index (χ3v) is 0.762. The molecular formula is C12H28NO3P. The van der Waals surface area contributed by atoms with Crippen molar-refractivity contribution in [1.29, 1.82) is 0 Å². The molecule has 0 aromatic carbocycles. The van der Waals surface area contributed by atoms with Crippen molar-refractivity contribution in [1.82, 2.24) is 0 Å². The van der Waals surface area contributed by atoms with E-state index in [4.69, 9.17) is 15.5 Å². The van der Waals surface area contributed by atoms with Crippen LogP contribution in [-0.2, 0) is 4.52 Å². The maximum atomic E-state index is 8.19. The predicted molar refractivity (Wildman–Crippen MR) is 82.6 cm³/mol. The van der Waals surface area contributed by atoms with Crippen LogP contribution < -0.4 is 5.50 Å². The first kappa shape index (κ1) is 36.0. The summed E-state index contributed by atoms with van der Waals surface area (Å²) < 4.78 is 4.34. The van der Waals surface area contributed by atoms with Gasteiger partial charge >= 0.3 is 0 Å². The Morgan fingerprint density at radius 3 is 1.12 bits per heavy atom. The minimum absolute atomic E-state index is 0.101. The maximum absolute atomic E-state index is 8.19. The maximum Gasteiger partial charge on any atom is 0.250 e. The Morgan fingerprint density at radius 2 is 1.06 bits per heavy atom. The van der Waals surface area contributed by atoms with Crippen LogP contribution in [0.1, 0.15) is 0 Å². The van der Waals surface area contributed by atoms with E-state index in [0.717, 1.165) is 0 Å². The Kier molecular flexibility index (Phi) is 251. The Morgan fingerprint density at radius 1 is 0.824 bits per heavy atom. The van der Waals surface area contributed by atoms with Crippen LogP contribution in [-0.4, -0.2) is 23.2 Å². The van der Waals surface area contributed by atoms with Crippen LogP contribution in [0.25, 0.3) is 0 Å². The molecular weight excluding hydrogens is 237 g/mol. The molecule has 4 N–H and O–H groups in total. The third-order valence-electron chi connectivity index (χ3n) is 0.315. The molecule has 0 heterocycles. The summed E-state index contributed by atoms with van der Waals surface area (Å²) in [5.41, 5.74) is 4.77. The zero-order valence-corrected chi connectivity index (χ0v) is 11.7. The molecule has 4 nitrogen and oxygen atoms in total. The molecule has 0 rings (SSSR count). The highest BCUT2D eigenvalue weighted by molar-refractivity contribution is 7.43. The van der Waals surface area contributed by atoms with Crippen molar-refractivity contribution < 1.29 is 14.5 Å². The zero-order chi connectivity index (χ0) is 15.7. The van der Waals surface area contributed by atoms with Crippen LogP contribution in [0, 0.1) is 0 Å². The lowest BCUT2D eigenvalue weighted by Gasteiger charge is -1.99. The lowest BCUT2D eigenvalue weighted by atomic mass is 10.8. The zero-order valence-electron chi connectivity index (χ0n) is 10.8. The summed E-state index contributed by atoms with van der Waals surface area (Å²) >= 11 is 0. The molecule has 104 valence electrons. The molecule has 1 unspecified atom stereocenters. The van der Waals surface area contributed by atoms with Crippen molar-refractivity contribution in [3.63, 3.8) is 0 Å². The molecule has 1 atom stereocenters. The first-order valence-electron chi connectivity index (χ1n) is 4.25. The first-order valence-corrected chi connectivity index (χ1v) is 5.53. The van der Waals surface area contributed by atoms with Gasteiger partial charge in [-0.05, 0) is 0 Å².